The smallest absolute Gasteiger partial charge is 0.162 e. The molecule has 1 heterocycles. The minimum absolute atomic E-state index is 0.225. The molecule has 0 radical (unpaired) electrons. The number of hydrogen-bond donors (Lipinski definition) is 0. The average Bonchev–Trinajstić information content (AvgIpc) is 2.97. The summed E-state index contributed by atoms with van der Waals surface area (Å²) in [5, 5.41) is 0. The Morgan fingerprint density at radius 2 is 1.86 bits per heavy atom. The molecule has 0 N–H and O–H groups in total. The first-order valence-corrected chi connectivity index (χ1v) is 7.99. The van der Waals surface area contributed by atoms with Crippen molar-refractivity contribution in [3.8, 4) is 0 Å². The van der Waals surface area contributed by atoms with Crippen molar-refractivity contribution in [1.29, 1.82) is 0 Å². The van der Waals surface area contributed by atoms with Gasteiger partial charge in [-0.3, -0.25) is 4.79 Å². The maximum atomic E-state index is 11.9. The van der Waals surface area contributed by atoms with Gasteiger partial charge in [0.15, 0.2) is 5.78 Å². The highest BCUT2D eigenvalue weighted by atomic mass is 16.3. The first kappa shape index (κ1) is 18.2. The molecule has 22 heavy (non-hydrogen) atoms. The van der Waals surface area contributed by atoms with Gasteiger partial charge in [0, 0.05) is 6.42 Å². The Labute approximate surface area is 134 Å². The summed E-state index contributed by atoms with van der Waals surface area (Å²) in [6.07, 6.45) is 14.4. The number of allylic oxidation sites excluding steroid dienone is 6. The Morgan fingerprint density at radius 1 is 1.09 bits per heavy atom. The second-order valence-corrected chi connectivity index (χ2v) is 6.06. The van der Waals surface area contributed by atoms with E-state index in [1.807, 2.05) is 32.9 Å². The van der Waals surface area contributed by atoms with E-state index < -0.39 is 0 Å². The Hall–Kier alpha value is -1.83. The lowest BCUT2D eigenvalue weighted by Gasteiger charge is -2.01. The lowest BCUT2D eigenvalue weighted by molar-refractivity contribution is -0.114. The lowest BCUT2D eigenvalue weighted by atomic mass is 10.0. The molecule has 0 aliphatic heterocycles. The van der Waals surface area contributed by atoms with Gasteiger partial charge in [0.2, 0.25) is 0 Å². The summed E-state index contributed by atoms with van der Waals surface area (Å²) in [4.78, 5) is 11.9. The summed E-state index contributed by atoms with van der Waals surface area (Å²) >= 11 is 0. The third-order valence-electron chi connectivity index (χ3n) is 3.63. The number of furan rings is 1. The molecule has 0 atom stereocenters. The third kappa shape index (κ3) is 7.82. The van der Waals surface area contributed by atoms with Gasteiger partial charge in [0.25, 0.3) is 0 Å². The van der Waals surface area contributed by atoms with Crippen molar-refractivity contribution in [3.63, 3.8) is 0 Å². The van der Waals surface area contributed by atoms with E-state index in [4.69, 9.17) is 4.42 Å². The molecule has 0 aromatic carbocycles. The molecule has 2 heteroatoms. The first-order valence-electron chi connectivity index (χ1n) is 7.99. The minimum atomic E-state index is 0.225. The predicted octanol–water partition coefficient (Wildman–Crippen LogP) is 5.81. The summed E-state index contributed by atoms with van der Waals surface area (Å²) in [5.74, 6) is 0.225. The molecule has 1 aromatic heterocycles. The number of hydrogen-bond acceptors (Lipinski definition) is 2. The van der Waals surface area contributed by atoms with Crippen LogP contribution in [0.25, 0.3) is 0 Å². The average molecular weight is 300 g/mol. The molecule has 1 aromatic rings. The van der Waals surface area contributed by atoms with Crippen LogP contribution in [0.4, 0.5) is 0 Å². The Kier molecular flexibility index (Phi) is 8.27. The Bertz CT molecular complexity index is 538. The molecule has 0 saturated carbocycles. The summed E-state index contributed by atoms with van der Waals surface area (Å²) in [7, 11) is 0. The second-order valence-electron chi connectivity index (χ2n) is 6.06. The largest absolute Gasteiger partial charge is 0.472 e. The molecule has 1 rings (SSSR count). The van der Waals surface area contributed by atoms with Crippen molar-refractivity contribution in [3.05, 3.63) is 59.1 Å². The molecule has 0 bridgehead atoms. The highest BCUT2D eigenvalue weighted by Crippen LogP contribution is 2.11. The van der Waals surface area contributed by atoms with Crippen molar-refractivity contribution in [2.45, 2.75) is 59.8 Å². The predicted molar refractivity (Wildman–Crippen MR) is 92.8 cm³/mol. The molecular formula is C20H28O2. The quantitative estimate of drug-likeness (QED) is 0.425. The van der Waals surface area contributed by atoms with Crippen LogP contribution in [0.5, 0.6) is 0 Å². The van der Waals surface area contributed by atoms with Gasteiger partial charge in [-0.1, -0.05) is 29.4 Å². The summed E-state index contributed by atoms with van der Waals surface area (Å²) in [6.45, 7) is 8.11. The van der Waals surface area contributed by atoms with Gasteiger partial charge in [-0.05, 0) is 70.6 Å². The second kappa shape index (κ2) is 9.99. The first-order chi connectivity index (χ1) is 10.5. The van der Waals surface area contributed by atoms with E-state index in [0.717, 1.165) is 31.3 Å². The third-order valence-corrected chi connectivity index (χ3v) is 3.63. The van der Waals surface area contributed by atoms with Crippen LogP contribution in [0, 0.1) is 0 Å². The zero-order valence-corrected chi connectivity index (χ0v) is 14.3. The van der Waals surface area contributed by atoms with Crippen molar-refractivity contribution < 1.29 is 9.21 Å². The van der Waals surface area contributed by atoms with Crippen LogP contribution >= 0.6 is 0 Å². The van der Waals surface area contributed by atoms with Gasteiger partial charge in [-0.2, -0.15) is 0 Å². The zero-order chi connectivity index (χ0) is 16.4. The fourth-order valence-electron chi connectivity index (χ4n) is 2.11. The van der Waals surface area contributed by atoms with E-state index >= 15 is 0 Å². The van der Waals surface area contributed by atoms with Crippen molar-refractivity contribution >= 4 is 5.78 Å². The van der Waals surface area contributed by atoms with E-state index in [2.05, 4.69) is 19.1 Å². The van der Waals surface area contributed by atoms with Crippen LogP contribution in [0.1, 0.15) is 58.9 Å². The fraction of sp³-hybridized carbons (Fsp3) is 0.450. The van der Waals surface area contributed by atoms with Gasteiger partial charge < -0.3 is 4.42 Å². The van der Waals surface area contributed by atoms with E-state index in [1.54, 1.807) is 12.5 Å². The van der Waals surface area contributed by atoms with Crippen LogP contribution in [0.15, 0.2) is 58.0 Å². The number of ketones is 1. The lowest BCUT2D eigenvalue weighted by Crippen LogP contribution is -1.97. The normalized spacial score (nSPS) is 12.4. The Balaban J connectivity index is 2.30. The van der Waals surface area contributed by atoms with Gasteiger partial charge >= 0.3 is 0 Å². The topological polar surface area (TPSA) is 30.2 Å². The van der Waals surface area contributed by atoms with Gasteiger partial charge in [-0.15, -0.1) is 0 Å². The number of rotatable bonds is 9. The molecule has 0 unspecified atom stereocenters. The van der Waals surface area contributed by atoms with Crippen LogP contribution in [-0.4, -0.2) is 5.78 Å². The summed E-state index contributed by atoms with van der Waals surface area (Å²) in [5.41, 5.74) is 4.69. The number of carbonyl (C=O) groups is 1. The number of aryl methyl sites for hydroxylation is 1. The molecule has 0 spiro atoms. The van der Waals surface area contributed by atoms with Gasteiger partial charge in [-0.25, -0.2) is 0 Å². The van der Waals surface area contributed by atoms with Gasteiger partial charge in [0.05, 0.1) is 12.5 Å². The van der Waals surface area contributed by atoms with E-state index in [1.165, 1.54) is 16.7 Å². The van der Waals surface area contributed by atoms with Crippen molar-refractivity contribution in [2.24, 2.45) is 0 Å². The highest BCUT2D eigenvalue weighted by Gasteiger charge is 2.01. The zero-order valence-electron chi connectivity index (χ0n) is 14.3. The van der Waals surface area contributed by atoms with Crippen molar-refractivity contribution in [2.75, 3.05) is 0 Å². The van der Waals surface area contributed by atoms with E-state index in [9.17, 15) is 4.79 Å². The van der Waals surface area contributed by atoms with Crippen LogP contribution < -0.4 is 0 Å². The van der Waals surface area contributed by atoms with E-state index in [-0.39, 0.29) is 5.78 Å². The monoisotopic (exact) mass is 300 g/mol. The molecule has 2 nitrogen and oxygen atoms in total. The van der Waals surface area contributed by atoms with E-state index in [0.29, 0.717) is 6.42 Å². The molecule has 0 aliphatic rings. The van der Waals surface area contributed by atoms with Crippen LogP contribution in [0.3, 0.4) is 0 Å². The minimum Gasteiger partial charge on any atom is -0.472 e. The number of carbonyl (C=O) groups excluding carboxylic acids is 1. The maximum absolute atomic E-state index is 11.9. The highest BCUT2D eigenvalue weighted by molar-refractivity contribution is 5.95. The maximum Gasteiger partial charge on any atom is 0.162 e. The van der Waals surface area contributed by atoms with Gasteiger partial charge in [0.1, 0.15) is 0 Å². The molecule has 120 valence electrons. The standard InChI is InChI=1S/C20H28O2/c1-16(2)11-12-20(21)18(4)9-5-7-17(3)8-6-10-19-13-14-22-15-19/h8-9,11,13-15H,5-7,10,12H2,1-4H3. The van der Waals surface area contributed by atoms with Crippen LogP contribution in [-0.2, 0) is 11.2 Å². The molecule has 0 aliphatic carbocycles. The molecular weight excluding hydrogens is 272 g/mol. The summed E-state index contributed by atoms with van der Waals surface area (Å²) in [6, 6.07) is 2.01. The molecule has 0 saturated heterocycles. The fourth-order valence-corrected chi connectivity index (χ4v) is 2.11. The SMILES string of the molecule is CC(C)=CCC(=O)C(C)=CCCC(C)=CCCc1ccoc1. The Morgan fingerprint density at radius 3 is 2.50 bits per heavy atom. The van der Waals surface area contributed by atoms with Crippen LogP contribution in [0.2, 0.25) is 0 Å². The molecule has 0 fully saturated rings. The molecule has 0 amide bonds. The summed E-state index contributed by atoms with van der Waals surface area (Å²) < 4.78 is 5.06. The van der Waals surface area contributed by atoms with Crippen molar-refractivity contribution in [1.82, 2.24) is 0 Å². The number of Topliss-reactive ketones (excluding diaryl/α,β-unsaturated/α-hetero) is 1.